The van der Waals surface area contributed by atoms with Gasteiger partial charge in [-0.15, -0.1) is 0 Å². The number of hydrogen-bond acceptors (Lipinski definition) is 11. The SMILES string of the molecule is CC(Nc1nc(N)nc(N)c1C#N)c1nc2cccc(OCC(=O)N3CCOCC3)c2c(=O)n1-c1ccccc1. The Labute approximate surface area is 229 Å². The molecule has 40 heavy (non-hydrogen) atoms. The highest BCUT2D eigenvalue weighted by atomic mass is 16.5. The topological polar surface area (TPSA) is 187 Å². The maximum absolute atomic E-state index is 14.1. The highest BCUT2D eigenvalue weighted by molar-refractivity contribution is 5.85. The summed E-state index contributed by atoms with van der Waals surface area (Å²) < 4.78 is 12.6. The van der Waals surface area contributed by atoms with Gasteiger partial charge in [-0.05, 0) is 31.2 Å². The molecule has 1 saturated heterocycles. The zero-order valence-electron chi connectivity index (χ0n) is 21.7. The van der Waals surface area contributed by atoms with Crippen LogP contribution in [0.3, 0.4) is 0 Å². The highest BCUT2D eigenvalue weighted by Crippen LogP contribution is 2.27. The second-order valence-corrected chi connectivity index (χ2v) is 9.05. The molecular weight excluding hydrogens is 514 g/mol. The van der Waals surface area contributed by atoms with Crippen LogP contribution in [-0.4, -0.2) is 63.2 Å². The van der Waals surface area contributed by atoms with Crippen molar-refractivity contribution in [2.24, 2.45) is 0 Å². The quantitative estimate of drug-likeness (QED) is 0.308. The van der Waals surface area contributed by atoms with Crippen molar-refractivity contribution in [2.45, 2.75) is 13.0 Å². The van der Waals surface area contributed by atoms with E-state index in [1.165, 1.54) is 4.57 Å². The largest absolute Gasteiger partial charge is 0.483 e. The van der Waals surface area contributed by atoms with Crippen molar-refractivity contribution in [3.8, 4) is 17.5 Å². The van der Waals surface area contributed by atoms with Gasteiger partial charge in [0.25, 0.3) is 11.5 Å². The van der Waals surface area contributed by atoms with Crippen LogP contribution in [0.2, 0.25) is 0 Å². The summed E-state index contributed by atoms with van der Waals surface area (Å²) in [5, 5.41) is 12.9. The zero-order valence-corrected chi connectivity index (χ0v) is 21.7. The van der Waals surface area contributed by atoms with Crippen LogP contribution < -0.4 is 27.1 Å². The number of carbonyl (C=O) groups excluding carboxylic acids is 1. The van der Waals surface area contributed by atoms with E-state index >= 15 is 0 Å². The summed E-state index contributed by atoms with van der Waals surface area (Å²) >= 11 is 0. The normalized spacial score (nSPS) is 13.9. The molecule has 1 aliphatic rings. The van der Waals surface area contributed by atoms with Crippen molar-refractivity contribution in [3.05, 3.63) is 70.3 Å². The molecule has 204 valence electrons. The molecular formula is C27H27N9O4. The van der Waals surface area contributed by atoms with Crippen LogP contribution in [0, 0.1) is 11.3 Å². The van der Waals surface area contributed by atoms with Crippen LogP contribution in [0.15, 0.2) is 53.3 Å². The maximum atomic E-state index is 14.1. The summed E-state index contributed by atoms with van der Waals surface area (Å²) in [4.78, 5) is 41.2. The number of nitriles is 1. The van der Waals surface area contributed by atoms with E-state index in [9.17, 15) is 14.9 Å². The van der Waals surface area contributed by atoms with Gasteiger partial charge in [-0.2, -0.15) is 15.2 Å². The van der Waals surface area contributed by atoms with Gasteiger partial charge in [-0.25, -0.2) is 4.98 Å². The molecule has 3 heterocycles. The second-order valence-electron chi connectivity index (χ2n) is 9.05. The number of fused-ring (bicyclic) bond motifs is 1. The van der Waals surface area contributed by atoms with E-state index in [2.05, 4.69) is 15.3 Å². The summed E-state index contributed by atoms with van der Waals surface area (Å²) in [5.41, 5.74) is 12.2. The number of rotatable bonds is 7. The smallest absolute Gasteiger partial charge is 0.269 e. The van der Waals surface area contributed by atoms with Gasteiger partial charge < -0.3 is 31.2 Å². The number of nitrogens with two attached hydrogens (primary N) is 2. The number of amides is 1. The minimum absolute atomic E-state index is 0.0241. The summed E-state index contributed by atoms with van der Waals surface area (Å²) in [5.74, 6) is 0.341. The van der Waals surface area contributed by atoms with E-state index < -0.39 is 11.6 Å². The predicted octanol–water partition coefficient (Wildman–Crippen LogP) is 1.62. The predicted molar refractivity (Wildman–Crippen MR) is 148 cm³/mol. The number of nitrogen functional groups attached to an aromatic ring is 2. The van der Waals surface area contributed by atoms with Crippen LogP contribution in [0.25, 0.3) is 16.6 Å². The van der Waals surface area contributed by atoms with E-state index in [0.29, 0.717) is 43.3 Å². The molecule has 1 unspecified atom stereocenters. The summed E-state index contributed by atoms with van der Waals surface area (Å²) in [6, 6.07) is 15.4. The Balaban J connectivity index is 1.57. The van der Waals surface area contributed by atoms with Gasteiger partial charge in [-0.1, -0.05) is 24.3 Å². The van der Waals surface area contributed by atoms with Crippen molar-refractivity contribution in [3.63, 3.8) is 0 Å². The molecule has 0 spiro atoms. The molecule has 0 saturated carbocycles. The Morgan fingerprint density at radius 1 is 1.12 bits per heavy atom. The monoisotopic (exact) mass is 541 g/mol. The third kappa shape index (κ3) is 5.20. The lowest BCUT2D eigenvalue weighted by Gasteiger charge is -2.26. The second kappa shape index (κ2) is 11.3. The number of hydrogen-bond donors (Lipinski definition) is 3. The fourth-order valence-electron chi connectivity index (χ4n) is 4.48. The Morgan fingerprint density at radius 3 is 2.60 bits per heavy atom. The number of carbonyl (C=O) groups is 1. The van der Waals surface area contributed by atoms with Gasteiger partial charge in [0.1, 0.15) is 34.4 Å². The summed E-state index contributed by atoms with van der Waals surface area (Å²) in [6.45, 7) is 3.48. The molecule has 5 N–H and O–H groups in total. The first-order chi connectivity index (χ1) is 19.4. The maximum Gasteiger partial charge on any atom is 0.269 e. The van der Waals surface area contributed by atoms with Crippen LogP contribution in [0.4, 0.5) is 17.6 Å². The van der Waals surface area contributed by atoms with Crippen LogP contribution in [0.1, 0.15) is 24.4 Å². The van der Waals surface area contributed by atoms with Gasteiger partial charge in [0.15, 0.2) is 12.4 Å². The number of nitrogens with one attached hydrogen (secondary N) is 1. The summed E-state index contributed by atoms with van der Waals surface area (Å²) in [6.07, 6.45) is 0. The minimum Gasteiger partial charge on any atom is -0.483 e. The fourth-order valence-corrected chi connectivity index (χ4v) is 4.48. The van der Waals surface area contributed by atoms with E-state index in [1.54, 1.807) is 54.3 Å². The number of ether oxygens (including phenoxy) is 2. The first kappa shape index (κ1) is 26.4. The number of anilines is 3. The Kier molecular flexibility index (Phi) is 7.43. The third-order valence-electron chi connectivity index (χ3n) is 6.42. The van der Waals surface area contributed by atoms with Crippen molar-refractivity contribution >= 4 is 34.4 Å². The van der Waals surface area contributed by atoms with Gasteiger partial charge in [0, 0.05) is 13.1 Å². The Bertz CT molecular complexity index is 1660. The standard InChI is InChI=1S/C27H27N9O4/c1-16(31-24-18(14-28)23(29)33-27(30)34-24)25-32-19-8-5-9-20(40-15-21(37)35-10-12-39-13-11-35)22(19)26(38)36(25)17-6-3-2-4-7-17/h2-9,16H,10-13,15H2,1H3,(H5,29,30,31,33,34). The van der Waals surface area contributed by atoms with E-state index in [1.807, 2.05) is 12.1 Å². The lowest BCUT2D eigenvalue weighted by molar-refractivity contribution is -0.137. The molecule has 4 aromatic rings. The van der Waals surface area contributed by atoms with Gasteiger partial charge >= 0.3 is 0 Å². The Hall–Kier alpha value is -5.22. The van der Waals surface area contributed by atoms with E-state index in [0.717, 1.165) is 0 Å². The molecule has 1 amide bonds. The van der Waals surface area contributed by atoms with Crippen molar-refractivity contribution in [1.29, 1.82) is 5.26 Å². The number of aromatic nitrogens is 4. The third-order valence-corrected chi connectivity index (χ3v) is 6.42. The highest BCUT2D eigenvalue weighted by Gasteiger charge is 2.23. The first-order valence-corrected chi connectivity index (χ1v) is 12.6. The lowest BCUT2D eigenvalue weighted by Crippen LogP contribution is -2.43. The Morgan fingerprint density at radius 2 is 1.88 bits per heavy atom. The zero-order chi connectivity index (χ0) is 28.2. The lowest BCUT2D eigenvalue weighted by atomic mass is 10.1. The number of benzene rings is 2. The van der Waals surface area contributed by atoms with E-state index in [-0.39, 0.29) is 46.8 Å². The van der Waals surface area contributed by atoms with Gasteiger partial charge in [-0.3, -0.25) is 14.2 Å². The molecule has 1 fully saturated rings. The molecule has 1 aliphatic heterocycles. The van der Waals surface area contributed by atoms with E-state index in [4.69, 9.17) is 25.9 Å². The number of morpholine rings is 1. The van der Waals surface area contributed by atoms with Crippen molar-refractivity contribution in [2.75, 3.05) is 49.7 Å². The summed E-state index contributed by atoms with van der Waals surface area (Å²) in [7, 11) is 0. The minimum atomic E-state index is -0.634. The molecule has 13 heteroatoms. The molecule has 0 bridgehead atoms. The average molecular weight is 542 g/mol. The first-order valence-electron chi connectivity index (χ1n) is 12.6. The molecule has 1 atom stereocenters. The molecule has 0 aliphatic carbocycles. The van der Waals surface area contributed by atoms with Crippen LogP contribution in [0.5, 0.6) is 5.75 Å². The molecule has 2 aromatic carbocycles. The number of nitrogens with zero attached hydrogens (tertiary/aromatic N) is 6. The van der Waals surface area contributed by atoms with Crippen LogP contribution >= 0.6 is 0 Å². The average Bonchev–Trinajstić information content (AvgIpc) is 2.96. The molecule has 5 rings (SSSR count). The molecule has 13 nitrogen and oxygen atoms in total. The van der Waals surface area contributed by atoms with Gasteiger partial charge in [0.2, 0.25) is 5.95 Å². The van der Waals surface area contributed by atoms with Gasteiger partial charge in [0.05, 0.1) is 30.5 Å². The molecule has 2 aromatic heterocycles. The molecule has 0 radical (unpaired) electrons. The van der Waals surface area contributed by atoms with Crippen LogP contribution in [-0.2, 0) is 9.53 Å². The number of para-hydroxylation sites is 1. The fraction of sp³-hybridized carbons (Fsp3) is 0.259. The van der Waals surface area contributed by atoms with Crippen molar-refractivity contribution in [1.82, 2.24) is 24.4 Å². The van der Waals surface area contributed by atoms with Crippen molar-refractivity contribution < 1.29 is 14.3 Å².